The molecule has 0 atom stereocenters. The van der Waals surface area contributed by atoms with Crippen LogP contribution in [-0.4, -0.2) is 20.7 Å². The van der Waals surface area contributed by atoms with Gasteiger partial charge in [-0.1, -0.05) is 54.7 Å². The fraction of sp³-hybridized carbons (Fsp3) is 0.227. The molecule has 6 heteroatoms. The van der Waals surface area contributed by atoms with E-state index < -0.39 is 0 Å². The summed E-state index contributed by atoms with van der Waals surface area (Å²) in [6.07, 6.45) is 2.81. The van der Waals surface area contributed by atoms with E-state index in [-0.39, 0.29) is 5.91 Å². The standard InChI is InChI=1S/C22H22N4OS/c1-3-16-10-11-18-20(14-16)28-22(23-18)26(15-17-8-6-5-7-9-17)21(27)19-12-13-25(4-2)24-19/h5-14H,3-4,15H2,1-2H3. The van der Waals surface area contributed by atoms with Crippen molar-refractivity contribution >= 4 is 32.6 Å². The van der Waals surface area contributed by atoms with Crippen LogP contribution < -0.4 is 4.90 Å². The average Bonchev–Trinajstić information content (AvgIpc) is 3.38. The van der Waals surface area contributed by atoms with E-state index in [2.05, 4.69) is 24.2 Å². The van der Waals surface area contributed by atoms with E-state index in [4.69, 9.17) is 4.98 Å². The van der Waals surface area contributed by atoms with Crippen molar-refractivity contribution in [3.63, 3.8) is 0 Å². The summed E-state index contributed by atoms with van der Waals surface area (Å²) in [5.41, 5.74) is 3.68. The maximum absolute atomic E-state index is 13.3. The Bertz CT molecular complexity index is 1100. The van der Waals surface area contributed by atoms with Gasteiger partial charge in [0.15, 0.2) is 10.8 Å². The van der Waals surface area contributed by atoms with Crippen molar-refractivity contribution in [2.24, 2.45) is 0 Å². The zero-order chi connectivity index (χ0) is 19.5. The van der Waals surface area contributed by atoms with Gasteiger partial charge in [-0.05, 0) is 42.7 Å². The first-order valence-electron chi connectivity index (χ1n) is 9.46. The molecule has 0 aliphatic rings. The number of fused-ring (bicyclic) bond motifs is 1. The molecule has 0 N–H and O–H groups in total. The first kappa shape index (κ1) is 18.4. The van der Waals surface area contributed by atoms with Crippen LogP contribution in [0.3, 0.4) is 0 Å². The molecule has 2 heterocycles. The second-order valence-corrected chi connectivity index (χ2v) is 7.59. The lowest BCUT2D eigenvalue weighted by molar-refractivity contribution is 0.0979. The molecule has 0 saturated carbocycles. The van der Waals surface area contributed by atoms with Gasteiger partial charge in [-0.25, -0.2) is 4.98 Å². The number of rotatable bonds is 6. The summed E-state index contributed by atoms with van der Waals surface area (Å²) in [5, 5.41) is 5.10. The number of hydrogen-bond donors (Lipinski definition) is 0. The van der Waals surface area contributed by atoms with Gasteiger partial charge in [0.2, 0.25) is 0 Å². The van der Waals surface area contributed by atoms with E-state index in [1.807, 2.05) is 49.5 Å². The number of amides is 1. The van der Waals surface area contributed by atoms with Crippen LogP contribution in [0.5, 0.6) is 0 Å². The van der Waals surface area contributed by atoms with Crippen molar-refractivity contribution < 1.29 is 4.79 Å². The third-order valence-electron chi connectivity index (χ3n) is 4.69. The van der Waals surface area contributed by atoms with Gasteiger partial charge in [-0.2, -0.15) is 5.10 Å². The van der Waals surface area contributed by atoms with E-state index in [9.17, 15) is 4.79 Å². The molecule has 5 nitrogen and oxygen atoms in total. The van der Waals surface area contributed by atoms with Crippen molar-refractivity contribution in [2.45, 2.75) is 33.4 Å². The fourth-order valence-corrected chi connectivity index (χ4v) is 4.10. The number of hydrogen-bond acceptors (Lipinski definition) is 4. The largest absolute Gasteiger partial charge is 0.280 e. The number of aromatic nitrogens is 3. The van der Waals surface area contributed by atoms with Crippen LogP contribution in [0.4, 0.5) is 5.13 Å². The van der Waals surface area contributed by atoms with Crippen LogP contribution in [0.1, 0.15) is 35.5 Å². The maximum atomic E-state index is 13.3. The number of benzene rings is 2. The Morgan fingerprint density at radius 3 is 2.61 bits per heavy atom. The first-order chi connectivity index (χ1) is 13.7. The highest BCUT2D eigenvalue weighted by atomic mass is 32.1. The molecular formula is C22H22N4OS. The maximum Gasteiger partial charge on any atom is 0.280 e. The summed E-state index contributed by atoms with van der Waals surface area (Å²) in [4.78, 5) is 19.8. The van der Waals surface area contributed by atoms with Crippen LogP contribution in [0.15, 0.2) is 60.8 Å². The van der Waals surface area contributed by atoms with E-state index in [0.717, 1.165) is 28.7 Å². The van der Waals surface area contributed by atoms with Crippen molar-refractivity contribution in [3.05, 3.63) is 77.6 Å². The molecule has 142 valence electrons. The highest BCUT2D eigenvalue weighted by Crippen LogP contribution is 2.31. The smallest absolute Gasteiger partial charge is 0.278 e. The average molecular weight is 391 g/mol. The third-order valence-corrected chi connectivity index (χ3v) is 5.73. The molecule has 0 saturated heterocycles. The number of carbonyl (C=O) groups excluding carboxylic acids is 1. The molecule has 0 unspecified atom stereocenters. The Morgan fingerprint density at radius 2 is 1.89 bits per heavy atom. The molecule has 0 radical (unpaired) electrons. The molecule has 4 rings (SSSR count). The number of aryl methyl sites for hydroxylation is 2. The van der Waals surface area contributed by atoms with Crippen molar-refractivity contribution in [1.29, 1.82) is 0 Å². The minimum atomic E-state index is -0.133. The summed E-state index contributed by atoms with van der Waals surface area (Å²) in [6.45, 7) is 5.33. The van der Waals surface area contributed by atoms with Gasteiger partial charge in [-0.3, -0.25) is 14.4 Å². The van der Waals surface area contributed by atoms with Crippen LogP contribution in [0.25, 0.3) is 10.2 Å². The Hall–Kier alpha value is -2.99. The van der Waals surface area contributed by atoms with Gasteiger partial charge in [0.05, 0.1) is 16.8 Å². The fourth-order valence-electron chi connectivity index (χ4n) is 3.07. The van der Waals surface area contributed by atoms with Gasteiger partial charge in [0.25, 0.3) is 5.91 Å². The molecule has 28 heavy (non-hydrogen) atoms. The topological polar surface area (TPSA) is 51.0 Å². The van der Waals surface area contributed by atoms with Crippen LogP contribution in [0, 0.1) is 0 Å². The Morgan fingerprint density at radius 1 is 1.07 bits per heavy atom. The second kappa shape index (κ2) is 7.94. The summed E-state index contributed by atoms with van der Waals surface area (Å²) in [6, 6.07) is 18.0. The summed E-state index contributed by atoms with van der Waals surface area (Å²) in [7, 11) is 0. The summed E-state index contributed by atoms with van der Waals surface area (Å²) < 4.78 is 2.86. The van der Waals surface area contributed by atoms with Gasteiger partial charge >= 0.3 is 0 Å². The number of carbonyl (C=O) groups is 1. The molecule has 0 aliphatic carbocycles. The van der Waals surface area contributed by atoms with E-state index in [1.165, 1.54) is 5.56 Å². The molecule has 1 amide bonds. The van der Waals surface area contributed by atoms with Crippen LogP contribution in [0.2, 0.25) is 0 Å². The zero-order valence-corrected chi connectivity index (χ0v) is 16.8. The monoisotopic (exact) mass is 390 g/mol. The molecule has 2 aromatic carbocycles. The highest BCUT2D eigenvalue weighted by Gasteiger charge is 2.23. The minimum absolute atomic E-state index is 0.133. The van der Waals surface area contributed by atoms with Crippen LogP contribution >= 0.6 is 11.3 Å². The van der Waals surface area contributed by atoms with E-state index in [0.29, 0.717) is 17.4 Å². The van der Waals surface area contributed by atoms with Crippen molar-refractivity contribution in [1.82, 2.24) is 14.8 Å². The third kappa shape index (κ3) is 3.68. The highest BCUT2D eigenvalue weighted by molar-refractivity contribution is 7.22. The predicted octanol–water partition coefficient (Wildman–Crippen LogP) is 4.92. The van der Waals surface area contributed by atoms with Gasteiger partial charge in [-0.15, -0.1) is 0 Å². The van der Waals surface area contributed by atoms with Gasteiger partial charge < -0.3 is 0 Å². The number of anilines is 1. The molecule has 0 spiro atoms. The second-order valence-electron chi connectivity index (χ2n) is 6.59. The number of nitrogens with zero attached hydrogens (tertiary/aromatic N) is 4. The lowest BCUT2D eigenvalue weighted by Gasteiger charge is -2.19. The predicted molar refractivity (Wildman–Crippen MR) is 114 cm³/mol. The summed E-state index contributed by atoms with van der Waals surface area (Å²) >= 11 is 1.55. The number of thiazole rings is 1. The van der Waals surface area contributed by atoms with Gasteiger partial charge in [0.1, 0.15) is 0 Å². The van der Waals surface area contributed by atoms with Crippen LogP contribution in [-0.2, 0) is 19.5 Å². The van der Waals surface area contributed by atoms with E-state index >= 15 is 0 Å². The normalized spacial score (nSPS) is 11.1. The van der Waals surface area contributed by atoms with Gasteiger partial charge in [0, 0.05) is 12.7 Å². The SMILES string of the molecule is CCc1ccc2nc(N(Cc3ccccc3)C(=O)c3ccn(CC)n3)sc2c1. The molecule has 2 aromatic heterocycles. The molecular weight excluding hydrogens is 368 g/mol. The molecule has 0 aliphatic heterocycles. The van der Waals surface area contributed by atoms with Crippen molar-refractivity contribution in [2.75, 3.05) is 4.90 Å². The Kier molecular flexibility index (Phi) is 5.21. The minimum Gasteiger partial charge on any atom is -0.278 e. The zero-order valence-electron chi connectivity index (χ0n) is 16.0. The Labute approximate surface area is 168 Å². The molecule has 0 fully saturated rings. The quantitative estimate of drug-likeness (QED) is 0.469. The molecule has 0 bridgehead atoms. The summed E-state index contributed by atoms with van der Waals surface area (Å²) in [5.74, 6) is -0.133. The molecule has 4 aromatic rings. The van der Waals surface area contributed by atoms with Crippen molar-refractivity contribution in [3.8, 4) is 0 Å². The lowest BCUT2D eigenvalue weighted by Crippen LogP contribution is -2.30. The first-order valence-corrected chi connectivity index (χ1v) is 10.3. The Balaban J connectivity index is 1.74. The lowest BCUT2D eigenvalue weighted by atomic mass is 10.2. The van der Waals surface area contributed by atoms with E-state index in [1.54, 1.807) is 27.0 Å².